The summed E-state index contributed by atoms with van der Waals surface area (Å²) in [5, 5.41) is 18.7. The largest absolute Gasteiger partial charge is 0.480 e. The summed E-state index contributed by atoms with van der Waals surface area (Å²) in [6.45, 7) is 0.0889. The Labute approximate surface area is 110 Å². The van der Waals surface area contributed by atoms with Gasteiger partial charge in [-0.1, -0.05) is 0 Å². The fourth-order valence-corrected chi connectivity index (χ4v) is 2.67. The summed E-state index contributed by atoms with van der Waals surface area (Å²) in [6.07, 6.45) is 3.31. The lowest BCUT2D eigenvalue weighted by atomic mass is 10.2. The van der Waals surface area contributed by atoms with E-state index in [2.05, 4.69) is 0 Å². The number of likely N-dealkylation sites (tertiary alicyclic amines) is 1. The molecule has 1 aromatic rings. The molecule has 2 atom stereocenters. The highest BCUT2D eigenvalue weighted by molar-refractivity contribution is 5.96. The predicted molar refractivity (Wildman–Crippen MR) is 65.8 cm³/mol. The molecule has 0 bridgehead atoms. The van der Waals surface area contributed by atoms with Crippen molar-refractivity contribution >= 4 is 11.9 Å². The first-order valence-electron chi connectivity index (χ1n) is 6.46. The Morgan fingerprint density at radius 3 is 2.68 bits per heavy atom. The number of amides is 1. The minimum absolute atomic E-state index is 0.0889. The summed E-state index contributed by atoms with van der Waals surface area (Å²) >= 11 is 0. The summed E-state index contributed by atoms with van der Waals surface area (Å²) in [5.74, 6) is -1.37. The molecule has 1 aliphatic carbocycles. The Hall–Kier alpha value is -1.82. The van der Waals surface area contributed by atoms with Crippen molar-refractivity contribution in [3.8, 4) is 0 Å². The van der Waals surface area contributed by atoms with Crippen LogP contribution in [-0.4, -0.2) is 50.2 Å². The van der Waals surface area contributed by atoms with Crippen LogP contribution in [0.15, 0.2) is 18.3 Å². The van der Waals surface area contributed by atoms with E-state index in [9.17, 15) is 14.7 Å². The average Bonchev–Trinajstić information content (AvgIpc) is 2.96. The second kappa shape index (κ2) is 4.38. The Kier molecular flexibility index (Phi) is 2.82. The van der Waals surface area contributed by atoms with Gasteiger partial charge in [0.05, 0.1) is 6.10 Å². The minimum Gasteiger partial charge on any atom is -0.480 e. The number of carbonyl (C=O) groups is 2. The van der Waals surface area contributed by atoms with Gasteiger partial charge >= 0.3 is 5.97 Å². The maximum atomic E-state index is 12.5. The quantitative estimate of drug-likeness (QED) is 0.832. The number of hydrogen-bond acceptors (Lipinski definition) is 3. The van der Waals surface area contributed by atoms with Crippen LogP contribution in [0.1, 0.15) is 35.8 Å². The van der Waals surface area contributed by atoms with E-state index in [0.29, 0.717) is 11.7 Å². The maximum absolute atomic E-state index is 12.5. The van der Waals surface area contributed by atoms with Crippen LogP contribution in [0, 0.1) is 0 Å². The predicted octanol–water partition coefficient (Wildman–Crippen LogP) is 0.483. The Balaban J connectivity index is 1.86. The van der Waals surface area contributed by atoms with Crippen LogP contribution in [0.5, 0.6) is 0 Å². The van der Waals surface area contributed by atoms with Crippen molar-refractivity contribution in [3.63, 3.8) is 0 Å². The van der Waals surface area contributed by atoms with Gasteiger partial charge in [0, 0.05) is 25.2 Å². The SMILES string of the molecule is O=C(O)C1CC(O)CN1C(=O)c1cccn1C1CC1. The van der Waals surface area contributed by atoms with Crippen LogP contribution < -0.4 is 0 Å². The number of hydrogen-bond donors (Lipinski definition) is 2. The Morgan fingerprint density at radius 2 is 2.05 bits per heavy atom. The lowest BCUT2D eigenvalue weighted by molar-refractivity contribution is -0.141. The van der Waals surface area contributed by atoms with Crippen LogP contribution in [0.4, 0.5) is 0 Å². The average molecular weight is 264 g/mol. The van der Waals surface area contributed by atoms with E-state index in [1.807, 2.05) is 10.8 Å². The maximum Gasteiger partial charge on any atom is 0.326 e. The van der Waals surface area contributed by atoms with Crippen LogP contribution in [0.3, 0.4) is 0 Å². The van der Waals surface area contributed by atoms with Gasteiger partial charge in [0.25, 0.3) is 5.91 Å². The van der Waals surface area contributed by atoms with E-state index >= 15 is 0 Å². The van der Waals surface area contributed by atoms with Gasteiger partial charge in [0.1, 0.15) is 11.7 Å². The van der Waals surface area contributed by atoms with E-state index in [-0.39, 0.29) is 18.9 Å². The second-order valence-corrected chi connectivity index (χ2v) is 5.23. The third kappa shape index (κ3) is 2.12. The highest BCUT2D eigenvalue weighted by Crippen LogP contribution is 2.36. The van der Waals surface area contributed by atoms with E-state index in [4.69, 9.17) is 5.11 Å². The number of aliphatic hydroxyl groups excluding tert-OH is 1. The molecule has 0 aromatic carbocycles. The van der Waals surface area contributed by atoms with E-state index in [1.54, 1.807) is 12.1 Å². The molecule has 0 spiro atoms. The van der Waals surface area contributed by atoms with Crippen molar-refractivity contribution in [2.24, 2.45) is 0 Å². The molecule has 1 amide bonds. The molecule has 1 aliphatic heterocycles. The number of aromatic nitrogens is 1. The van der Waals surface area contributed by atoms with Crippen molar-refractivity contribution in [1.29, 1.82) is 0 Å². The van der Waals surface area contributed by atoms with Gasteiger partial charge in [0.2, 0.25) is 0 Å². The number of carbonyl (C=O) groups excluding carboxylic acids is 1. The first-order chi connectivity index (χ1) is 9.08. The summed E-state index contributed by atoms with van der Waals surface area (Å²) in [6, 6.07) is 2.95. The highest BCUT2D eigenvalue weighted by Gasteiger charge is 2.40. The monoisotopic (exact) mass is 264 g/mol. The van der Waals surface area contributed by atoms with Gasteiger partial charge in [-0.3, -0.25) is 4.79 Å². The first kappa shape index (κ1) is 12.2. The van der Waals surface area contributed by atoms with E-state index < -0.39 is 18.1 Å². The van der Waals surface area contributed by atoms with Crippen molar-refractivity contribution < 1.29 is 19.8 Å². The van der Waals surface area contributed by atoms with Crippen molar-refractivity contribution in [2.75, 3.05) is 6.54 Å². The normalized spacial score (nSPS) is 26.7. The smallest absolute Gasteiger partial charge is 0.326 e. The molecule has 6 heteroatoms. The molecular formula is C13H16N2O4. The lowest BCUT2D eigenvalue weighted by Crippen LogP contribution is -2.41. The standard InChI is InChI=1S/C13H16N2O4/c16-9-6-11(13(18)19)15(7-9)12(17)10-2-1-5-14(10)8-3-4-8/h1-2,5,8-9,11,16H,3-4,6-7H2,(H,18,19). The van der Waals surface area contributed by atoms with E-state index in [0.717, 1.165) is 12.8 Å². The molecule has 6 nitrogen and oxygen atoms in total. The molecular weight excluding hydrogens is 248 g/mol. The summed E-state index contributed by atoms with van der Waals surface area (Å²) in [4.78, 5) is 24.9. The molecule has 2 N–H and O–H groups in total. The van der Waals surface area contributed by atoms with Gasteiger partial charge < -0.3 is 19.7 Å². The summed E-state index contributed by atoms with van der Waals surface area (Å²) in [7, 11) is 0. The van der Waals surface area contributed by atoms with Crippen molar-refractivity contribution in [1.82, 2.24) is 9.47 Å². The van der Waals surface area contributed by atoms with Crippen molar-refractivity contribution in [3.05, 3.63) is 24.0 Å². The van der Waals surface area contributed by atoms with Gasteiger partial charge in [-0.05, 0) is 25.0 Å². The number of rotatable bonds is 3. The molecule has 2 heterocycles. The second-order valence-electron chi connectivity index (χ2n) is 5.23. The molecule has 2 unspecified atom stereocenters. The number of carboxylic acids is 1. The molecule has 3 rings (SSSR count). The molecule has 2 aliphatic rings. The van der Waals surface area contributed by atoms with Gasteiger partial charge in [0.15, 0.2) is 0 Å². The molecule has 1 saturated heterocycles. The fraction of sp³-hybridized carbons (Fsp3) is 0.538. The summed E-state index contributed by atoms with van der Waals surface area (Å²) < 4.78 is 1.91. The Bertz CT molecular complexity index is 520. The van der Waals surface area contributed by atoms with Crippen LogP contribution in [0.25, 0.3) is 0 Å². The third-order valence-corrected chi connectivity index (χ3v) is 3.76. The zero-order chi connectivity index (χ0) is 13.6. The van der Waals surface area contributed by atoms with Gasteiger partial charge in [-0.25, -0.2) is 4.79 Å². The number of aliphatic carboxylic acids is 1. The number of carboxylic acid groups (broad SMARTS) is 1. The topological polar surface area (TPSA) is 82.8 Å². The number of β-amino-alcohol motifs (C(OH)–C–C–N with tert-alkyl or cyclic N) is 1. The molecule has 0 radical (unpaired) electrons. The molecule has 1 aromatic heterocycles. The van der Waals surface area contributed by atoms with Gasteiger partial charge in [-0.2, -0.15) is 0 Å². The molecule has 19 heavy (non-hydrogen) atoms. The lowest BCUT2D eigenvalue weighted by Gasteiger charge is -2.21. The van der Waals surface area contributed by atoms with Crippen LogP contribution >= 0.6 is 0 Å². The molecule has 2 fully saturated rings. The number of aliphatic hydroxyl groups is 1. The molecule has 102 valence electrons. The number of nitrogens with zero attached hydrogens (tertiary/aromatic N) is 2. The highest BCUT2D eigenvalue weighted by atomic mass is 16.4. The first-order valence-corrected chi connectivity index (χ1v) is 6.46. The minimum atomic E-state index is -1.06. The Morgan fingerprint density at radius 1 is 1.32 bits per heavy atom. The van der Waals surface area contributed by atoms with Crippen LogP contribution in [0.2, 0.25) is 0 Å². The van der Waals surface area contributed by atoms with Crippen LogP contribution in [-0.2, 0) is 4.79 Å². The fourth-order valence-electron chi connectivity index (χ4n) is 2.67. The van der Waals surface area contributed by atoms with Gasteiger partial charge in [-0.15, -0.1) is 0 Å². The molecule has 1 saturated carbocycles. The zero-order valence-electron chi connectivity index (χ0n) is 10.4. The zero-order valence-corrected chi connectivity index (χ0v) is 10.4. The summed E-state index contributed by atoms with van der Waals surface area (Å²) in [5.41, 5.74) is 0.517. The van der Waals surface area contributed by atoms with E-state index in [1.165, 1.54) is 4.90 Å². The van der Waals surface area contributed by atoms with Crippen molar-refractivity contribution in [2.45, 2.75) is 37.5 Å². The third-order valence-electron chi connectivity index (χ3n) is 3.76.